The molecule has 0 saturated carbocycles. The van der Waals surface area contributed by atoms with E-state index in [2.05, 4.69) is 11.6 Å². The van der Waals surface area contributed by atoms with Crippen molar-refractivity contribution in [3.63, 3.8) is 0 Å². The number of rotatable bonds is 11. The number of fused-ring (bicyclic) bond motifs is 1. The van der Waals surface area contributed by atoms with Crippen LogP contribution in [0.4, 0.5) is 11.4 Å². The van der Waals surface area contributed by atoms with Crippen molar-refractivity contribution < 1.29 is 27.3 Å². The average Bonchev–Trinajstić information content (AvgIpc) is 3.11. The van der Waals surface area contributed by atoms with Crippen LogP contribution in [0.1, 0.15) is 55.1 Å². The maximum Gasteiger partial charge on any atom is 0.342 e. The van der Waals surface area contributed by atoms with E-state index in [0.29, 0.717) is 23.3 Å². The van der Waals surface area contributed by atoms with Crippen molar-refractivity contribution in [3.05, 3.63) is 63.9 Å². The Morgan fingerprint density at radius 3 is 2.61 bits per heavy atom. The highest BCUT2D eigenvalue weighted by atomic mass is 32.2. The Morgan fingerprint density at radius 1 is 1.12 bits per heavy atom. The topological polar surface area (TPSA) is 129 Å². The highest BCUT2D eigenvalue weighted by Gasteiger charge is 2.22. The zero-order chi connectivity index (χ0) is 24.0. The van der Waals surface area contributed by atoms with Crippen molar-refractivity contribution in [3.8, 4) is 0 Å². The number of carbonyl (C=O) groups excluding carboxylic acids is 1. The minimum Gasteiger partial charge on any atom is -0.462 e. The number of unbranched alkanes of at least 4 members (excludes halogenated alkanes) is 4. The molecule has 1 N–H and O–H groups in total. The number of hydrogen-bond donors (Lipinski definition) is 1. The van der Waals surface area contributed by atoms with Gasteiger partial charge in [-0.15, -0.1) is 0 Å². The van der Waals surface area contributed by atoms with Crippen LogP contribution in [0.15, 0.2) is 51.8 Å². The number of nitrogens with one attached hydrogen (secondary N) is 1. The van der Waals surface area contributed by atoms with Crippen molar-refractivity contribution in [2.24, 2.45) is 0 Å². The SMILES string of the molecule is CCCCCCCOC(=O)c1c(C)oc2ccc(NS(=O)(=O)c3cccc([N+](=O)[O-])c3)cc12. The fourth-order valence-corrected chi connectivity index (χ4v) is 4.55. The fraction of sp³-hybridized carbons (Fsp3) is 0.348. The Bertz CT molecular complexity index is 1270. The quantitative estimate of drug-likeness (QED) is 0.166. The summed E-state index contributed by atoms with van der Waals surface area (Å²) >= 11 is 0. The highest BCUT2D eigenvalue weighted by Crippen LogP contribution is 2.30. The van der Waals surface area contributed by atoms with E-state index in [9.17, 15) is 23.3 Å². The molecule has 0 aliphatic heterocycles. The Hall–Kier alpha value is -3.40. The molecule has 3 rings (SSSR count). The monoisotopic (exact) mass is 474 g/mol. The molecular weight excluding hydrogens is 448 g/mol. The van der Waals surface area contributed by atoms with Gasteiger partial charge in [-0.2, -0.15) is 0 Å². The van der Waals surface area contributed by atoms with Crippen LogP contribution in [0.5, 0.6) is 0 Å². The van der Waals surface area contributed by atoms with Gasteiger partial charge in [0.1, 0.15) is 16.9 Å². The van der Waals surface area contributed by atoms with Crippen LogP contribution < -0.4 is 4.72 Å². The Kier molecular flexibility index (Phi) is 7.70. The molecule has 0 aliphatic rings. The predicted molar refractivity (Wildman–Crippen MR) is 124 cm³/mol. The van der Waals surface area contributed by atoms with Gasteiger partial charge in [-0.1, -0.05) is 38.7 Å². The molecule has 176 valence electrons. The number of sulfonamides is 1. The van der Waals surface area contributed by atoms with Crippen LogP contribution >= 0.6 is 0 Å². The minimum absolute atomic E-state index is 0.184. The van der Waals surface area contributed by atoms with E-state index in [1.807, 2.05) is 0 Å². The number of benzene rings is 2. The van der Waals surface area contributed by atoms with Gasteiger partial charge in [-0.25, -0.2) is 13.2 Å². The van der Waals surface area contributed by atoms with Crippen LogP contribution in [0.2, 0.25) is 0 Å². The molecule has 1 heterocycles. The molecule has 9 nitrogen and oxygen atoms in total. The zero-order valence-corrected chi connectivity index (χ0v) is 19.3. The zero-order valence-electron chi connectivity index (χ0n) is 18.5. The van der Waals surface area contributed by atoms with Gasteiger partial charge in [0.25, 0.3) is 15.7 Å². The Labute approximate surface area is 191 Å². The third-order valence-corrected chi connectivity index (χ3v) is 6.52. The number of furan rings is 1. The summed E-state index contributed by atoms with van der Waals surface area (Å²) in [7, 11) is -4.09. The maximum absolute atomic E-state index is 12.7. The van der Waals surface area contributed by atoms with Crippen LogP contribution in [-0.4, -0.2) is 25.9 Å². The van der Waals surface area contributed by atoms with Gasteiger partial charge in [0.05, 0.1) is 16.4 Å². The molecule has 0 radical (unpaired) electrons. The van der Waals surface area contributed by atoms with Crippen molar-refractivity contribution >= 4 is 38.3 Å². The van der Waals surface area contributed by atoms with Crippen molar-refractivity contribution in [1.82, 2.24) is 0 Å². The first kappa shape index (κ1) is 24.2. The van der Waals surface area contributed by atoms with Gasteiger partial charge in [0.15, 0.2) is 0 Å². The smallest absolute Gasteiger partial charge is 0.342 e. The summed E-state index contributed by atoms with van der Waals surface area (Å²) in [6.07, 6.45) is 5.13. The Morgan fingerprint density at radius 2 is 1.88 bits per heavy atom. The second-order valence-electron chi connectivity index (χ2n) is 7.65. The number of nitro benzene ring substituents is 1. The van der Waals surface area contributed by atoms with E-state index >= 15 is 0 Å². The van der Waals surface area contributed by atoms with E-state index in [1.165, 1.54) is 30.3 Å². The number of carbonyl (C=O) groups is 1. The molecule has 3 aromatic rings. The lowest BCUT2D eigenvalue weighted by atomic mass is 10.1. The van der Waals surface area contributed by atoms with Gasteiger partial charge in [-0.3, -0.25) is 14.8 Å². The minimum atomic E-state index is -4.09. The number of hydrogen-bond acceptors (Lipinski definition) is 7. The molecule has 0 amide bonds. The number of nitrogens with zero attached hydrogens (tertiary/aromatic N) is 1. The van der Waals surface area contributed by atoms with E-state index in [1.54, 1.807) is 13.0 Å². The standard InChI is InChI=1S/C23H26N2O7S/c1-3-4-5-6-7-13-31-23(26)22-16(2)32-21-12-11-17(14-20(21)22)24-33(29,30)19-10-8-9-18(15-19)25(27)28/h8-12,14-15,24H,3-7,13H2,1-2H3. The van der Waals surface area contributed by atoms with Gasteiger partial charge >= 0.3 is 5.97 Å². The van der Waals surface area contributed by atoms with Gasteiger partial charge < -0.3 is 9.15 Å². The van der Waals surface area contributed by atoms with E-state index in [-0.39, 0.29) is 21.8 Å². The molecule has 0 fully saturated rings. The number of esters is 1. The van der Waals surface area contributed by atoms with E-state index in [4.69, 9.17) is 9.15 Å². The van der Waals surface area contributed by atoms with Gasteiger partial charge in [0.2, 0.25) is 0 Å². The van der Waals surface area contributed by atoms with Crippen LogP contribution in [0.25, 0.3) is 11.0 Å². The summed E-state index contributed by atoms with van der Waals surface area (Å²) in [4.78, 5) is 22.7. The molecule has 0 atom stereocenters. The summed E-state index contributed by atoms with van der Waals surface area (Å²) in [5.74, 6) is -0.153. The van der Waals surface area contributed by atoms with Gasteiger partial charge in [0, 0.05) is 23.2 Å². The van der Waals surface area contributed by atoms with E-state index < -0.39 is 20.9 Å². The van der Waals surface area contributed by atoms with E-state index in [0.717, 1.165) is 38.2 Å². The number of non-ortho nitro benzene ring substituents is 1. The molecule has 0 bridgehead atoms. The molecule has 0 saturated heterocycles. The van der Waals surface area contributed by atoms with Crippen molar-refractivity contribution in [2.75, 3.05) is 11.3 Å². The summed E-state index contributed by atoms with van der Waals surface area (Å²) in [5, 5.41) is 11.4. The van der Waals surface area contributed by atoms with Crippen molar-refractivity contribution in [1.29, 1.82) is 0 Å². The second kappa shape index (κ2) is 10.5. The largest absolute Gasteiger partial charge is 0.462 e. The summed E-state index contributed by atoms with van der Waals surface area (Å²) in [6, 6.07) is 9.27. The number of nitro groups is 1. The highest BCUT2D eigenvalue weighted by molar-refractivity contribution is 7.92. The molecule has 0 unspecified atom stereocenters. The van der Waals surface area contributed by atoms with Crippen LogP contribution in [-0.2, 0) is 14.8 Å². The third kappa shape index (κ3) is 5.89. The van der Waals surface area contributed by atoms with Crippen LogP contribution in [0.3, 0.4) is 0 Å². The first-order valence-corrected chi connectivity index (χ1v) is 12.2. The van der Waals surface area contributed by atoms with Crippen molar-refractivity contribution in [2.45, 2.75) is 50.8 Å². The molecule has 0 aliphatic carbocycles. The maximum atomic E-state index is 12.7. The lowest BCUT2D eigenvalue weighted by Gasteiger charge is -2.08. The molecule has 33 heavy (non-hydrogen) atoms. The average molecular weight is 475 g/mol. The number of aryl methyl sites for hydroxylation is 1. The fourth-order valence-electron chi connectivity index (χ4n) is 3.46. The lowest BCUT2D eigenvalue weighted by molar-refractivity contribution is -0.385. The predicted octanol–water partition coefficient (Wildman–Crippen LogP) is 5.58. The first-order chi connectivity index (χ1) is 15.7. The Balaban J connectivity index is 1.80. The molecule has 1 aromatic heterocycles. The molecular formula is C23H26N2O7S. The number of ether oxygens (including phenoxy) is 1. The lowest BCUT2D eigenvalue weighted by Crippen LogP contribution is -2.13. The first-order valence-electron chi connectivity index (χ1n) is 10.7. The number of anilines is 1. The van der Waals surface area contributed by atoms with Crippen LogP contribution in [0, 0.1) is 17.0 Å². The molecule has 2 aromatic carbocycles. The second-order valence-corrected chi connectivity index (χ2v) is 9.34. The normalized spacial score (nSPS) is 11.5. The molecule has 0 spiro atoms. The third-order valence-electron chi connectivity index (χ3n) is 5.14. The molecule has 10 heteroatoms. The summed E-state index contributed by atoms with van der Waals surface area (Å²) < 4.78 is 38.9. The summed E-state index contributed by atoms with van der Waals surface area (Å²) in [6.45, 7) is 4.07. The van der Waals surface area contributed by atoms with Gasteiger partial charge in [-0.05, 0) is 37.6 Å². The summed E-state index contributed by atoms with van der Waals surface area (Å²) in [5.41, 5.74) is 0.512.